The van der Waals surface area contributed by atoms with Gasteiger partial charge in [-0.1, -0.05) is 6.92 Å². The zero-order chi connectivity index (χ0) is 12.9. The van der Waals surface area contributed by atoms with Gasteiger partial charge >= 0.3 is 0 Å². The Morgan fingerprint density at radius 3 is 2.53 bits per heavy atom. The van der Waals surface area contributed by atoms with Crippen LogP contribution in [0.3, 0.4) is 0 Å². The Hall–Kier alpha value is -0.130. The normalized spacial score (nSPS) is 18.6. The van der Waals surface area contributed by atoms with Crippen LogP contribution < -0.4 is 5.32 Å². The molecule has 1 N–H and O–H groups in total. The molecule has 1 aliphatic rings. The average Bonchev–Trinajstić information content (AvgIpc) is 3.10. The lowest BCUT2D eigenvalue weighted by Gasteiger charge is -2.24. The standard InChI is InChI=1S/C12H26N2O2S/c1-4-13-9-5-6-10-17(15,16)14(3)11(2)12-7-8-12/h11-13H,4-10H2,1-3H3. The first-order chi connectivity index (χ1) is 7.99. The van der Waals surface area contributed by atoms with Crippen molar-refractivity contribution in [2.45, 2.75) is 45.6 Å². The van der Waals surface area contributed by atoms with Crippen LogP contribution in [0.2, 0.25) is 0 Å². The zero-order valence-corrected chi connectivity index (χ0v) is 12.1. The van der Waals surface area contributed by atoms with Crippen molar-refractivity contribution in [3.05, 3.63) is 0 Å². The third-order valence-electron chi connectivity index (χ3n) is 3.57. The third kappa shape index (κ3) is 4.94. The summed E-state index contributed by atoms with van der Waals surface area (Å²) >= 11 is 0. The van der Waals surface area contributed by atoms with E-state index in [0.717, 1.165) is 25.9 Å². The van der Waals surface area contributed by atoms with Gasteiger partial charge in [-0.2, -0.15) is 0 Å². The molecule has 5 heteroatoms. The highest BCUT2D eigenvalue weighted by atomic mass is 32.2. The first-order valence-electron chi connectivity index (χ1n) is 6.65. The van der Waals surface area contributed by atoms with E-state index >= 15 is 0 Å². The quantitative estimate of drug-likeness (QED) is 0.640. The number of unbranched alkanes of at least 4 members (excludes halogenated alkanes) is 1. The van der Waals surface area contributed by atoms with Gasteiger partial charge in [0.05, 0.1) is 5.75 Å². The van der Waals surface area contributed by atoms with Gasteiger partial charge in [0, 0.05) is 13.1 Å². The summed E-state index contributed by atoms with van der Waals surface area (Å²) < 4.78 is 25.7. The van der Waals surface area contributed by atoms with Crippen molar-refractivity contribution in [2.75, 3.05) is 25.9 Å². The molecule has 0 aromatic rings. The Labute approximate surface area is 106 Å². The van der Waals surface area contributed by atoms with Crippen LogP contribution in [0.15, 0.2) is 0 Å². The fourth-order valence-electron chi connectivity index (χ4n) is 1.98. The molecule has 1 fully saturated rings. The second-order valence-corrected chi connectivity index (χ2v) is 7.12. The van der Waals surface area contributed by atoms with E-state index < -0.39 is 10.0 Å². The lowest BCUT2D eigenvalue weighted by molar-refractivity contribution is 0.356. The van der Waals surface area contributed by atoms with Crippen LogP contribution in [-0.2, 0) is 10.0 Å². The van der Waals surface area contributed by atoms with Gasteiger partial charge in [0.15, 0.2) is 0 Å². The Kier molecular flexibility index (Phi) is 5.89. The van der Waals surface area contributed by atoms with Gasteiger partial charge in [-0.15, -0.1) is 0 Å². The molecular weight excluding hydrogens is 236 g/mol. The summed E-state index contributed by atoms with van der Waals surface area (Å²) in [5.74, 6) is 0.878. The molecule has 0 saturated heterocycles. The summed E-state index contributed by atoms with van der Waals surface area (Å²) in [4.78, 5) is 0. The maximum Gasteiger partial charge on any atom is 0.214 e. The van der Waals surface area contributed by atoms with Crippen molar-refractivity contribution in [3.8, 4) is 0 Å². The monoisotopic (exact) mass is 262 g/mol. The van der Waals surface area contributed by atoms with Crippen molar-refractivity contribution < 1.29 is 8.42 Å². The van der Waals surface area contributed by atoms with Gasteiger partial charge in [0.25, 0.3) is 0 Å². The minimum Gasteiger partial charge on any atom is -0.317 e. The van der Waals surface area contributed by atoms with Crippen LogP contribution >= 0.6 is 0 Å². The molecule has 0 spiro atoms. The minimum atomic E-state index is -3.05. The molecule has 0 aliphatic heterocycles. The minimum absolute atomic E-state index is 0.175. The van der Waals surface area contributed by atoms with Crippen molar-refractivity contribution in [3.63, 3.8) is 0 Å². The first-order valence-corrected chi connectivity index (χ1v) is 8.26. The Bertz CT molecular complexity index is 312. The van der Waals surface area contributed by atoms with E-state index in [1.807, 2.05) is 6.92 Å². The number of hydrogen-bond acceptors (Lipinski definition) is 3. The molecule has 1 atom stereocenters. The highest BCUT2D eigenvalue weighted by molar-refractivity contribution is 7.89. The van der Waals surface area contributed by atoms with Crippen LogP contribution in [0.4, 0.5) is 0 Å². The van der Waals surface area contributed by atoms with Gasteiger partial charge in [-0.25, -0.2) is 12.7 Å². The van der Waals surface area contributed by atoms with Gasteiger partial charge in [-0.3, -0.25) is 0 Å². The number of rotatable bonds is 9. The van der Waals surface area contributed by atoms with E-state index in [9.17, 15) is 8.42 Å². The second-order valence-electron chi connectivity index (χ2n) is 4.97. The highest BCUT2D eigenvalue weighted by Gasteiger charge is 2.34. The SMILES string of the molecule is CCNCCCCS(=O)(=O)N(C)C(C)C1CC1. The second kappa shape index (κ2) is 6.71. The molecule has 1 aliphatic carbocycles. The molecule has 0 aromatic carbocycles. The smallest absolute Gasteiger partial charge is 0.214 e. The molecule has 0 heterocycles. The molecule has 17 heavy (non-hydrogen) atoms. The molecule has 0 radical (unpaired) electrons. The maximum atomic E-state index is 12.0. The van der Waals surface area contributed by atoms with E-state index in [2.05, 4.69) is 12.2 Å². The fourth-order valence-corrected chi connectivity index (χ4v) is 3.52. The third-order valence-corrected chi connectivity index (χ3v) is 5.59. The number of hydrogen-bond donors (Lipinski definition) is 1. The fraction of sp³-hybridized carbons (Fsp3) is 1.00. The molecule has 0 amide bonds. The van der Waals surface area contributed by atoms with Crippen LogP contribution in [0.25, 0.3) is 0 Å². The first kappa shape index (κ1) is 14.9. The molecule has 1 rings (SSSR count). The predicted octanol–water partition coefficient (Wildman–Crippen LogP) is 1.44. The molecule has 102 valence electrons. The van der Waals surface area contributed by atoms with Gasteiger partial charge in [0.1, 0.15) is 0 Å². The van der Waals surface area contributed by atoms with E-state index in [4.69, 9.17) is 0 Å². The Morgan fingerprint density at radius 2 is 2.00 bits per heavy atom. The van der Waals surface area contributed by atoms with Crippen molar-refractivity contribution in [2.24, 2.45) is 5.92 Å². The summed E-state index contributed by atoms with van der Waals surface area (Å²) in [5, 5.41) is 3.21. The predicted molar refractivity (Wildman–Crippen MR) is 71.5 cm³/mol. The summed E-state index contributed by atoms with van der Waals surface area (Å²) in [6.45, 7) is 5.94. The highest BCUT2D eigenvalue weighted by Crippen LogP contribution is 2.35. The van der Waals surface area contributed by atoms with Gasteiger partial charge < -0.3 is 5.32 Å². The molecule has 0 aromatic heterocycles. The molecule has 1 unspecified atom stereocenters. The van der Waals surface area contributed by atoms with E-state index in [0.29, 0.717) is 5.92 Å². The summed E-state index contributed by atoms with van der Waals surface area (Å²) in [6.07, 6.45) is 4.04. The number of sulfonamides is 1. The van der Waals surface area contributed by atoms with E-state index in [-0.39, 0.29) is 11.8 Å². The van der Waals surface area contributed by atoms with Gasteiger partial charge in [-0.05, 0) is 51.6 Å². The largest absolute Gasteiger partial charge is 0.317 e. The molecular formula is C12H26N2O2S. The summed E-state index contributed by atoms with van der Waals surface area (Å²) in [7, 11) is -1.32. The van der Waals surface area contributed by atoms with Crippen molar-refractivity contribution in [1.29, 1.82) is 0 Å². The summed E-state index contributed by atoms with van der Waals surface area (Å²) in [6, 6.07) is 0.175. The van der Waals surface area contributed by atoms with Gasteiger partial charge in [0.2, 0.25) is 10.0 Å². The summed E-state index contributed by atoms with van der Waals surface area (Å²) in [5.41, 5.74) is 0. The lowest BCUT2D eigenvalue weighted by atomic mass is 10.2. The number of nitrogens with zero attached hydrogens (tertiary/aromatic N) is 1. The Morgan fingerprint density at radius 1 is 1.35 bits per heavy atom. The van der Waals surface area contributed by atoms with Crippen LogP contribution in [0.1, 0.15) is 39.5 Å². The van der Waals surface area contributed by atoms with E-state index in [1.165, 1.54) is 12.8 Å². The maximum absolute atomic E-state index is 12.0. The lowest BCUT2D eigenvalue weighted by Crippen LogP contribution is -2.38. The van der Waals surface area contributed by atoms with Crippen molar-refractivity contribution >= 4 is 10.0 Å². The average molecular weight is 262 g/mol. The molecule has 0 bridgehead atoms. The van der Waals surface area contributed by atoms with Crippen LogP contribution in [-0.4, -0.2) is 44.7 Å². The van der Waals surface area contributed by atoms with Crippen LogP contribution in [0, 0.1) is 5.92 Å². The zero-order valence-electron chi connectivity index (χ0n) is 11.3. The Balaban J connectivity index is 2.28. The topological polar surface area (TPSA) is 49.4 Å². The molecule has 4 nitrogen and oxygen atoms in total. The number of nitrogens with one attached hydrogen (secondary N) is 1. The molecule has 1 saturated carbocycles. The van der Waals surface area contributed by atoms with Crippen molar-refractivity contribution in [1.82, 2.24) is 9.62 Å². The van der Waals surface area contributed by atoms with E-state index in [1.54, 1.807) is 11.4 Å². The van der Waals surface area contributed by atoms with Crippen LogP contribution in [0.5, 0.6) is 0 Å².